The van der Waals surface area contributed by atoms with Gasteiger partial charge in [0.25, 0.3) is 0 Å². The normalized spacial score (nSPS) is 24.9. The van der Waals surface area contributed by atoms with Gasteiger partial charge in [0.05, 0.1) is 5.69 Å². The molecule has 0 radical (unpaired) electrons. The first kappa shape index (κ1) is 10.1. The molecule has 1 N–H and O–H groups in total. The summed E-state index contributed by atoms with van der Waals surface area (Å²) in [4.78, 5) is 0. The summed E-state index contributed by atoms with van der Waals surface area (Å²) in [6.45, 7) is 1.96. The van der Waals surface area contributed by atoms with Crippen LogP contribution in [0.15, 0.2) is 0 Å². The van der Waals surface area contributed by atoms with Gasteiger partial charge in [-0.2, -0.15) is 5.10 Å². The molecule has 16 heavy (non-hydrogen) atoms. The highest BCUT2D eigenvalue weighted by molar-refractivity contribution is 5.49. The second-order valence-electron chi connectivity index (χ2n) is 4.72. The van der Waals surface area contributed by atoms with Crippen LogP contribution in [0.5, 0.6) is 0 Å². The van der Waals surface area contributed by atoms with Crippen molar-refractivity contribution in [2.45, 2.75) is 38.2 Å². The van der Waals surface area contributed by atoms with Crippen molar-refractivity contribution in [3.05, 3.63) is 11.3 Å². The summed E-state index contributed by atoms with van der Waals surface area (Å²) in [5.74, 6) is 1.21. The third-order valence-corrected chi connectivity index (χ3v) is 3.56. The minimum atomic E-state index is 0.245. The van der Waals surface area contributed by atoms with Gasteiger partial charge in [-0.1, -0.05) is 0 Å². The monoisotopic (exact) mass is 221 g/mol. The summed E-state index contributed by atoms with van der Waals surface area (Å²) in [7, 11) is 2.02. The highest BCUT2D eigenvalue weighted by atomic mass is 16.5. The molecule has 0 saturated carbocycles. The molecule has 0 aliphatic carbocycles. The highest BCUT2D eigenvalue weighted by Crippen LogP contribution is 2.34. The van der Waals surface area contributed by atoms with Crippen molar-refractivity contribution >= 4 is 5.82 Å². The summed E-state index contributed by atoms with van der Waals surface area (Å²) in [5, 5.41) is 8.13. The number of hydrogen-bond donors (Lipinski definition) is 1. The topological polar surface area (TPSA) is 39.1 Å². The summed E-state index contributed by atoms with van der Waals surface area (Å²) in [6.07, 6.45) is 6.19. The van der Waals surface area contributed by atoms with Crippen LogP contribution in [0.2, 0.25) is 0 Å². The Bertz CT molecular complexity index is 380. The van der Waals surface area contributed by atoms with Crippen molar-refractivity contribution in [1.29, 1.82) is 0 Å². The molecule has 1 aromatic rings. The molecule has 2 aliphatic heterocycles. The SMILES string of the molecule is Cn1nc(C2CCCO2)c2c1NCCCC2. The molecular weight excluding hydrogens is 202 g/mol. The Morgan fingerprint density at radius 1 is 1.38 bits per heavy atom. The van der Waals surface area contributed by atoms with Gasteiger partial charge < -0.3 is 10.1 Å². The third-order valence-electron chi connectivity index (χ3n) is 3.56. The van der Waals surface area contributed by atoms with Crippen molar-refractivity contribution in [3.63, 3.8) is 0 Å². The Hall–Kier alpha value is -1.03. The van der Waals surface area contributed by atoms with E-state index in [1.807, 2.05) is 11.7 Å². The second kappa shape index (κ2) is 4.09. The number of aryl methyl sites for hydroxylation is 1. The van der Waals surface area contributed by atoms with Gasteiger partial charge in [0, 0.05) is 25.8 Å². The smallest absolute Gasteiger partial charge is 0.127 e. The van der Waals surface area contributed by atoms with Crippen molar-refractivity contribution < 1.29 is 4.74 Å². The fourth-order valence-corrected chi connectivity index (χ4v) is 2.74. The zero-order chi connectivity index (χ0) is 11.0. The molecule has 0 amide bonds. The van der Waals surface area contributed by atoms with E-state index in [4.69, 9.17) is 4.74 Å². The summed E-state index contributed by atoms with van der Waals surface area (Å²) >= 11 is 0. The first-order valence-corrected chi connectivity index (χ1v) is 6.27. The molecule has 1 saturated heterocycles. The second-order valence-corrected chi connectivity index (χ2v) is 4.72. The molecule has 1 fully saturated rings. The van der Waals surface area contributed by atoms with Crippen LogP contribution in [0.4, 0.5) is 5.82 Å². The lowest BCUT2D eigenvalue weighted by Gasteiger charge is -2.08. The standard InChI is InChI=1S/C12H19N3O/c1-15-12-9(5-2-3-7-13-12)11(14-15)10-6-4-8-16-10/h10,13H,2-8H2,1H3. The van der Waals surface area contributed by atoms with E-state index >= 15 is 0 Å². The zero-order valence-electron chi connectivity index (χ0n) is 9.83. The van der Waals surface area contributed by atoms with Crippen LogP contribution in [-0.2, 0) is 18.2 Å². The predicted molar refractivity (Wildman–Crippen MR) is 62.6 cm³/mol. The summed E-state index contributed by atoms with van der Waals surface area (Å²) < 4.78 is 7.74. The number of hydrogen-bond acceptors (Lipinski definition) is 3. The predicted octanol–water partition coefficient (Wildman–Crippen LogP) is 2.02. The quantitative estimate of drug-likeness (QED) is 0.788. The first-order valence-electron chi connectivity index (χ1n) is 6.27. The molecule has 2 aliphatic rings. The van der Waals surface area contributed by atoms with E-state index in [9.17, 15) is 0 Å². The number of ether oxygens (including phenoxy) is 1. The van der Waals surface area contributed by atoms with Crippen LogP contribution in [0.1, 0.15) is 43.0 Å². The number of nitrogens with one attached hydrogen (secondary N) is 1. The number of rotatable bonds is 1. The van der Waals surface area contributed by atoms with Crippen molar-refractivity contribution in [3.8, 4) is 0 Å². The van der Waals surface area contributed by atoms with E-state index in [-0.39, 0.29) is 6.10 Å². The molecule has 1 aromatic heterocycles. The number of aromatic nitrogens is 2. The van der Waals surface area contributed by atoms with Gasteiger partial charge in [-0.15, -0.1) is 0 Å². The number of anilines is 1. The molecule has 0 bridgehead atoms. The Morgan fingerprint density at radius 2 is 2.31 bits per heavy atom. The molecule has 4 nitrogen and oxygen atoms in total. The highest BCUT2D eigenvalue weighted by Gasteiger charge is 2.27. The van der Waals surface area contributed by atoms with Gasteiger partial charge in [-0.3, -0.25) is 4.68 Å². The van der Waals surface area contributed by atoms with Crippen LogP contribution in [-0.4, -0.2) is 22.9 Å². The molecule has 88 valence electrons. The lowest BCUT2D eigenvalue weighted by molar-refractivity contribution is 0.107. The molecule has 1 atom stereocenters. The average molecular weight is 221 g/mol. The lowest BCUT2D eigenvalue weighted by Crippen LogP contribution is -2.05. The van der Waals surface area contributed by atoms with Crippen LogP contribution in [0, 0.1) is 0 Å². The summed E-state index contributed by atoms with van der Waals surface area (Å²) in [6, 6.07) is 0. The van der Waals surface area contributed by atoms with E-state index < -0.39 is 0 Å². The molecule has 0 spiro atoms. The number of nitrogens with zero attached hydrogens (tertiary/aromatic N) is 2. The summed E-state index contributed by atoms with van der Waals surface area (Å²) in [5.41, 5.74) is 2.58. The molecular formula is C12H19N3O. The Labute approximate surface area is 96.0 Å². The van der Waals surface area contributed by atoms with Crippen molar-refractivity contribution in [2.75, 3.05) is 18.5 Å². The largest absolute Gasteiger partial charge is 0.372 e. The van der Waals surface area contributed by atoms with Gasteiger partial charge in [0.15, 0.2) is 0 Å². The average Bonchev–Trinajstić information content (AvgIpc) is 2.82. The van der Waals surface area contributed by atoms with Crippen LogP contribution in [0.25, 0.3) is 0 Å². The molecule has 3 rings (SSSR count). The Morgan fingerprint density at radius 3 is 3.12 bits per heavy atom. The maximum absolute atomic E-state index is 5.76. The maximum Gasteiger partial charge on any atom is 0.127 e. The molecule has 4 heteroatoms. The van der Waals surface area contributed by atoms with E-state index in [1.54, 1.807) is 0 Å². The first-order chi connectivity index (χ1) is 7.86. The van der Waals surface area contributed by atoms with Crippen LogP contribution < -0.4 is 5.32 Å². The minimum Gasteiger partial charge on any atom is -0.372 e. The van der Waals surface area contributed by atoms with E-state index in [1.165, 1.54) is 36.3 Å². The van der Waals surface area contributed by atoms with Gasteiger partial charge in [-0.25, -0.2) is 0 Å². The number of fused-ring (bicyclic) bond motifs is 1. The zero-order valence-corrected chi connectivity index (χ0v) is 9.83. The Balaban J connectivity index is 1.98. The fourth-order valence-electron chi connectivity index (χ4n) is 2.74. The van der Waals surface area contributed by atoms with Crippen molar-refractivity contribution in [1.82, 2.24) is 9.78 Å². The van der Waals surface area contributed by atoms with Crippen molar-refractivity contribution in [2.24, 2.45) is 7.05 Å². The van der Waals surface area contributed by atoms with E-state index in [2.05, 4.69) is 10.4 Å². The van der Waals surface area contributed by atoms with Gasteiger partial charge in [0.2, 0.25) is 0 Å². The maximum atomic E-state index is 5.76. The minimum absolute atomic E-state index is 0.245. The lowest BCUT2D eigenvalue weighted by atomic mass is 10.0. The van der Waals surface area contributed by atoms with Crippen LogP contribution in [0.3, 0.4) is 0 Å². The van der Waals surface area contributed by atoms with Crippen LogP contribution >= 0.6 is 0 Å². The van der Waals surface area contributed by atoms with Gasteiger partial charge >= 0.3 is 0 Å². The Kier molecular flexibility index (Phi) is 2.59. The van der Waals surface area contributed by atoms with Gasteiger partial charge in [-0.05, 0) is 32.1 Å². The van der Waals surface area contributed by atoms with Gasteiger partial charge in [0.1, 0.15) is 11.9 Å². The molecule has 1 unspecified atom stereocenters. The third kappa shape index (κ3) is 1.61. The van der Waals surface area contributed by atoms with E-state index in [0.29, 0.717) is 0 Å². The van der Waals surface area contributed by atoms with E-state index in [0.717, 1.165) is 26.0 Å². The molecule has 0 aromatic carbocycles. The molecule has 3 heterocycles. The fraction of sp³-hybridized carbons (Fsp3) is 0.750.